The Morgan fingerprint density at radius 2 is 1.50 bits per heavy atom. The SMILES string of the molecule is O=C(CCCN1C(=O)CCC1=O)ON1C(=O)c2ccccc2C1=O. The molecule has 0 radical (unpaired) electrons. The lowest BCUT2D eigenvalue weighted by Gasteiger charge is -2.15. The van der Waals surface area contributed by atoms with Crippen molar-refractivity contribution in [2.75, 3.05) is 6.54 Å². The fourth-order valence-corrected chi connectivity index (χ4v) is 2.65. The Morgan fingerprint density at radius 1 is 0.958 bits per heavy atom. The van der Waals surface area contributed by atoms with Gasteiger partial charge in [-0.3, -0.25) is 24.1 Å². The van der Waals surface area contributed by atoms with Crippen molar-refractivity contribution < 1.29 is 28.8 Å². The van der Waals surface area contributed by atoms with Crippen molar-refractivity contribution >= 4 is 29.6 Å². The molecule has 8 nitrogen and oxygen atoms in total. The number of nitrogens with zero attached hydrogens (tertiary/aromatic N) is 2. The summed E-state index contributed by atoms with van der Waals surface area (Å²) in [4.78, 5) is 64.7. The summed E-state index contributed by atoms with van der Waals surface area (Å²) in [5.74, 6) is -2.66. The predicted octanol–water partition coefficient (Wildman–Crippen LogP) is 0.670. The molecule has 0 bridgehead atoms. The van der Waals surface area contributed by atoms with Gasteiger partial charge in [-0.05, 0) is 18.6 Å². The zero-order chi connectivity index (χ0) is 17.3. The lowest BCUT2D eigenvalue weighted by Crippen LogP contribution is -2.33. The highest BCUT2D eigenvalue weighted by Gasteiger charge is 2.38. The zero-order valence-corrected chi connectivity index (χ0v) is 12.7. The van der Waals surface area contributed by atoms with Crippen LogP contribution in [0.1, 0.15) is 46.4 Å². The summed E-state index contributed by atoms with van der Waals surface area (Å²) in [6, 6.07) is 6.18. The van der Waals surface area contributed by atoms with E-state index in [4.69, 9.17) is 4.84 Å². The minimum absolute atomic E-state index is 0.120. The molecule has 2 heterocycles. The molecule has 124 valence electrons. The van der Waals surface area contributed by atoms with Crippen LogP contribution < -0.4 is 0 Å². The number of rotatable bonds is 5. The lowest BCUT2D eigenvalue weighted by atomic mass is 10.1. The van der Waals surface area contributed by atoms with Gasteiger partial charge in [0.25, 0.3) is 11.8 Å². The normalized spacial score (nSPS) is 16.8. The zero-order valence-electron chi connectivity index (χ0n) is 12.7. The molecule has 1 aromatic rings. The Balaban J connectivity index is 1.53. The van der Waals surface area contributed by atoms with E-state index in [9.17, 15) is 24.0 Å². The predicted molar refractivity (Wildman–Crippen MR) is 78.2 cm³/mol. The molecule has 0 atom stereocenters. The Morgan fingerprint density at radius 3 is 2.04 bits per heavy atom. The van der Waals surface area contributed by atoms with Crippen LogP contribution in [0.25, 0.3) is 0 Å². The fraction of sp³-hybridized carbons (Fsp3) is 0.312. The fourth-order valence-electron chi connectivity index (χ4n) is 2.65. The van der Waals surface area contributed by atoms with Crippen molar-refractivity contribution in [1.82, 2.24) is 9.96 Å². The van der Waals surface area contributed by atoms with E-state index < -0.39 is 17.8 Å². The first-order chi connectivity index (χ1) is 11.5. The molecule has 1 aromatic carbocycles. The molecule has 3 rings (SSSR count). The highest BCUT2D eigenvalue weighted by atomic mass is 16.7. The Kier molecular flexibility index (Phi) is 4.11. The van der Waals surface area contributed by atoms with Gasteiger partial charge in [0, 0.05) is 25.8 Å². The van der Waals surface area contributed by atoms with E-state index >= 15 is 0 Å². The average molecular weight is 330 g/mol. The van der Waals surface area contributed by atoms with Gasteiger partial charge in [-0.15, -0.1) is 0 Å². The largest absolute Gasteiger partial charge is 0.333 e. The second-order valence-electron chi connectivity index (χ2n) is 5.46. The van der Waals surface area contributed by atoms with E-state index in [0.29, 0.717) is 5.06 Å². The molecular formula is C16H14N2O6. The number of benzene rings is 1. The summed E-state index contributed by atoms with van der Waals surface area (Å²) >= 11 is 0. The molecule has 24 heavy (non-hydrogen) atoms. The third kappa shape index (κ3) is 2.78. The van der Waals surface area contributed by atoms with Crippen LogP contribution in [0.2, 0.25) is 0 Å². The van der Waals surface area contributed by atoms with Crippen molar-refractivity contribution in [3.05, 3.63) is 35.4 Å². The Labute approximate surface area is 136 Å². The minimum atomic E-state index is -0.774. The van der Waals surface area contributed by atoms with Crippen LogP contribution in [0, 0.1) is 0 Å². The molecule has 8 heteroatoms. The molecular weight excluding hydrogens is 316 g/mol. The van der Waals surface area contributed by atoms with E-state index in [2.05, 4.69) is 0 Å². The summed E-state index contributed by atoms with van der Waals surface area (Å²) in [6.07, 6.45) is 0.473. The maximum Gasteiger partial charge on any atom is 0.333 e. The number of amides is 4. The molecule has 0 unspecified atom stereocenters. The number of hydroxylamine groups is 2. The van der Waals surface area contributed by atoms with E-state index in [1.807, 2.05) is 0 Å². The van der Waals surface area contributed by atoms with Crippen LogP contribution in [0.3, 0.4) is 0 Å². The molecule has 0 saturated carbocycles. The van der Waals surface area contributed by atoms with E-state index in [0.717, 1.165) is 4.90 Å². The van der Waals surface area contributed by atoms with Crippen LogP contribution in [0.15, 0.2) is 24.3 Å². The first-order valence-corrected chi connectivity index (χ1v) is 7.51. The topological polar surface area (TPSA) is 101 Å². The maximum absolute atomic E-state index is 12.0. The van der Waals surface area contributed by atoms with Gasteiger partial charge in [0.1, 0.15) is 0 Å². The van der Waals surface area contributed by atoms with E-state index in [1.165, 1.54) is 12.1 Å². The number of carbonyl (C=O) groups is 5. The first-order valence-electron chi connectivity index (χ1n) is 7.51. The Hall–Kier alpha value is -3.03. The standard InChI is InChI=1S/C16H14N2O6/c19-12-7-8-13(20)17(12)9-3-6-14(21)24-18-15(22)10-4-1-2-5-11(10)16(18)23/h1-2,4-5H,3,6-9H2. The molecule has 0 aliphatic carbocycles. The third-order valence-corrected chi connectivity index (χ3v) is 3.87. The van der Waals surface area contributed by atoms with E-state index in [1.54, 1.807) is 12.1 Å². The molecule has 2 aliphatic rings. The second kappa shape index (κ2) is 6.23. The molecule has 1 fully saturated rings. The number of likely N-dealkylation sites (tertiary alicyclic amines) is 1. The highest BCUT2D eigenvalue weighted by molar-refractivity contribution is 6.20. The van der Waals surface area contributed by atoms with Gasteiger partial charge in [0.2, 0.25) is 11.8 Å². The second-order valence-corrected chi connectivity index (χ2v) is 5.46. The van der Waals surface area contributed by atoms with Crippen LogP contribution in [-0.2, 0) is 19.2 Å². The minimum Gasteiger partial charge on any atom is -0.330 e. The number of hydrogen-bond acceptors (Lipinski definition) is 6. The molecule has 1 saturated heterocycles. The Bertz CT molecular complexity index is 706. The smallest absolute Gasteiger partial charge is 0.330 e. The molecule has 2 aliphatic heterocycles. The van der Waals surface area contributed by atoms with Crippen molar-refractivity contribution in [3.8, 4) is 0 Å². The molecule has 0 aromatic heterocycles. The number of imide groups is 2. The van der Waals surface area contributed by atoms with Crippen LogP contribution in [-0.4, -0.2) is 46.1 Å². The van der Waals surface area contributed by atoms with Crippen LogP contribution >= 0.6 is 0 Å². The number of carbonyl (C=O) groups excluding carboxylic acids is 5. The summed E-state index contributed by atoms with van der Waals surface area (Å²) in [5.41, 5.74) is 0.368. The van der Waals surface area contributed by atoms with Gasteiger partial charge in [0.15, 0.2) is 0 Å². The molecule has 4 amide bonds. The van der Waals surface area contributed by atoms with Gasteiger partial charge in [-0.1, -0.05) is 17.2 Å². The number of fused-ring (bicyclic) bond motifs is 1. The average Bonchev–Trinajstić information content (AvgIpc) is 3.01. The number of hydrogen-bond donors (Lipinski definition) is 0. The monoisotopic (exact) mass is 330 g/mol. The quantitative estimate of drug-likeness (QED) is 0.736. The van der Waals surface area contributed by atoms with Crippen LogP contribution in [0.4, 0.5) is 0 Å². The molecule has 0 N–H and O–H groups in total. The maximum atomic E-state index is 12.0. The summed E-state index contributed by atoms with van der Waals surface area (Å²) in [6.45, 7) is 0.120. The van der Waals surface area contributed by atoms with Crippen molar-refractivity contribution in [2.24, 2.45) is 0 Å². The summed E-state index contributed by atoms with van der Waals surface area (Å²) in [5, 5.41) is 0.444. The summed E-state index contributed by atoms with van der Waals surface area (Å²) in [7, 11) is 0. The van der Waals surface area contributed by atoms with Gasteiger partial charge >= 0.3 is 5.97 Å². The first kappa shape index (κ1) is 15.9. The highest BCUT2D eigenvalue weighted by Crippen LogP contribution is 2.23. The van der Waals surface area contributed by atoms with Gasteiger partial charge in [-0.2, -0.15) is 0 Å². The van der Waals surface area contributed by atoms with Crippen molar-refractivity contribution in [3.63, 3.8) is 0 Å². The van der Waals surface area contributed by atoms with Crippen molar-refractivity contribution in [2.45, 2.75) is 25.7 Å². The van der Waals surface area contributed by atoms with Crippen LogP contribution in [0.5, 0.6) is 0 Å². The van der Waals surface area contributed by atoms with Gasteiger partial charge < -0.3 is 4.84 Å². The lowest BCUT2D eigenvalue weighted by molar-refractivity contribution is -0.168. The molecule has 0 spiro atoms. The summed E-state index contributed by atoms with van der Waals surface area (Å²) < 4.78 is 0. The van der Waals surface area contributed by atoms with Crippen molar-refractivity contribution in [1.29, 1.82) is 0 Å². The van der Waals surface area contributed by atoms with Gasteiger partial charge in [-0.25, -0.2) is 4.79 Å². The van der Waals surface area contributed by atoms with E-state index in [-0.39, 0.29) is 55.2 Å². The third-order valence-electron chi connectivity index (χ3n) is 3.87. The van der Waals surface area contributed by atoms with Gasteiger partial charge in [0.05, 0.1) is 11.1 Å².